The molecule has 0 aliphatic carbocycles. The summed E-state index contributed by atoms with van der Waals surface area (Å²) in [4.78, 5) is 17.7. The molecule has 130 valence electrons. The molecule has 3 nitrogen and oxygen atoms in total. The monoisotopic (exact) mass is 326 g/mol. The van der Waals surface area contributed by atoms with Gasteiger partial charge in [0.2, 0.25) is 0 Å². The fraction of sp³-hybridized carbons (Fsp3) is 0.333. The van der Waals surface area contributed by atoms with E-state index in [9.17, 15) is 4.79 Å². The molecule has 0 fully saturated rings. The van der Waals surface area contributed by atoms with Crippen LogP contribution in [0.5, 0.6) is 0 Å². The van der Waals surface area contributed by atoms with Gasteiger partial charge < -0.3 is 4.90 Å². The average molecular weight is 326 g/mol. The lowest BCUT2D eigenvalue weighted by Crippen LogP contribution is -2.16. The van der Waals surface area contributed by atoms with E-state index in [2.05, 4.69) is 11.6 Å². The Balaban J connectivity index is 0.000000640. The molecule has 0 bridgehead atoms. The molecule has 0 aliphatic heterocycles. The lowest BCUT2D eigenvalue weighted by atomic mass is 10.1. The van der Waals surface area contributed by atoms with Crippen molar-refractivity contribution in [2.75, 3.05) is 19.0 Å². The van der Waals surface area contributed by atoms with E-state index in [1.807, 2.05) is 88.3 Å². The Hall–Kier alpha value is -2.42. The lowest BCUT2D eigenvalue weighted by Gasteiger charge is -2.17. The van der Waals surface area contributed by atoms with Gasteiger partial charge in [-0.05, 0) is 33.8 Å². The summed E-state index contributed by atoms with van der Waals surface area (Å²) in [5.41, 5.74) is 3.09. The van der Waals surface area contributed by atoms with Crippen LogP contribution in [-0.4, -0.2) is 31.6 Å². The van der Waals surface area contributed by atoms with Crippen LogP contribution in [0.1, 0.15) is 33.3 Å². The molecule has 1 atom stereocenters. The van der Waals surface area contributed by atoms with Crippen LogP contribution >= 0.6 is 0 Å². The first-order chi connectivity index (χ1) is 11.3. The van der Waals surface area contributed by atoms with Gasteiger partial charge in [-0.15, -0.1) is 0 Å². The van der Waals surface area contributed by atoms with Crippen molar-refractivity contribution in [1.29, 1.82) is 0 Å². The summed E-state index contributed by atoms with van der Waals surface area (Å²) in [6.07, 6.45) is 9.51. The predicted molar refractivity (Wildman–Crippen MR) is 107 cm³/mol. The molecule has 24 heavy (non-hydrogen) atoms. The number of carbonyl (C=O) groups is 1. The van der Waals surface area contributed by atoms with Crippen LogP contribution in [0.25, 0.3) is 0 Å². The molecule has 1 aromatic rings. The Kier molecular flexibility index (Phi) is 10.8. The average Bonchev–Trinajstić information content (AvgIpc) is 2.55. The maximum atomic E-state index is 11.2. The van der Waals surface area contributed by atoms with Crippen molar-refractivity contribution < 1.29 is 4.79 Å². The van der Waals surface area contributed by atoms with E-state index < -0.39 is 0 Å². The van der Waals surface area contributed by atoms with E-state index >= 15 is 0 Å². The minimum Gasteiger partial charge on any atom is -0.377 e. The zero-order valence-electron chi connectivity index (χ0n) is 15.8. The van der Waals surface area contributed by atoms with Crippen molar-refractivity contribution in [3.8, 4) is 0 Å². The van der Waals surface area contributed by atoms with Gasteiger partial charge in [0.25, 0.3) is 0 Å². The van der Waals surface area contributed by atoms with Gasteiger partial charge in [-0.3, -0.25) is 9.79 Å². The number of hydrogen-bond donors (Lipinski definition) is 0. The van der Waals surface area contributed by atoms with Gasteiger partial charge in [-0.1, -0.05) is 55.2 Å². The van der Waals surface area contributed by atoms with E-state index in [1.54, 1.807) is 13.0 Å². The molecule has 0 aromatic heterocycles. The Labute approximate surface area is 147 Å². The second kappa shape index (κ2) is 12.1. The summed E-state index contributed by atoms with van der Waals surface area (Å²) in [5, 5.41) is 0. The zero-order chi connectivity index (χ0) is 18.5. The Morgan fingerprint density at radius 1 is 1.17 bits per heavy atom. The van der Waals surface area contributed by atoms with Crippen LogP contribution in [0.4, 0.5) is 5.69 Å². The van der Waals surface area contributed by atoms with Crippen molar-refractivity contribution >= 4 is 17.2 Å². The number of rotatable bonds is 6. The molecule has 0 saturated heterocycles. The molecular weight excluding hydrogens is 296 g/mol. The number of allylic oxidation sites excluding steroid dienone is 5. The maximum Gasteiger partial charge on any atom is 0.153 e. The molecule has 0 saturated carbocycles. The normalized spacial score (nSPS) is 12.7. The molecular formula is C21H30N2O. The highest BCUT2D eigenvalue weighted by Gasteiger charge is 2.10. The van der Waals surface area contributed by atoms with Gasteiger partial charge >= 0.3 is 0 Å². The second-order valence-electron chi connectivity index (χ2n) is 5.56. The third-order valence-corrected chi connectivity index (χ3v) is 3.30. The molecule has 0 N–H and O–H groups in total. The van der Waals surface area contributed by atoms with E-state index in [-0.39, 0.29) is 11.8 Å². The van der Waals surface area contributed by atoms with Crippen LogP contribution in [0, 0.1) is 0 Å². The molecule has 1 aromatic carbocycles. The first kappa shape index (κ1) is 21.6. The molecule has 0 heterocycles. The van der Waals surface area contributed by atoms with Gasteiger partial charge in [0.1, 0.15) is 6.04 Å². The van der Waals surface area contributed by atoms with Crippen molar-refractivity contribution in [2.45, 2.75) is 33.7 Å². The van der Waals surface area contributed by atoms with Crippen molar-refractivity contribution in [1.82, 2.24) is 0 Å². The Morgan fingerprint density at radius 2 is 1.79 bits per heavy atom. The minimum absolute atomic E-state index is 0.0895. The fourth-order valence-corrected chi connectivity index (χ4v) is 1.87. The first-order valence-corrected chi connectivity index (χ1v) is 8.07. The van der Waals surface area contributed by atoms with Gasteiger partial charge in [-0.25, -0.2) is 0 Å². The van der Waals surface area contributed by atoms with Crippen LogP contribution in [0.15, 0.2) is 66.2 Å². The molecule has 3 heteroatoms. The lowest BCUT2D eigenvalue weighted by molar-refractivity contribution is -0.117. The van der Waals surface area contributed by atoms with Crippen molar-refractivity contribution in [2.24, 2.45) is 4.99 Å². The quantitative estimate of drug-likeness (QED) is 0.553. The van der Waals surface area contributed by atoms with E-state index in [0.29, 0.717) is 0 Å². The number of ketones is 1. The number of carbonyl (C=O) groups excluding carboxylic acids is 1. The zero-order valence-corrected chi connectivity index (χ0v) is 15.8. The third kappa shape index (κ3) is 8.28. The Bertz CT molecular complexity index is 610. The number of Topliss-reactive ketones (excluding diaryl/α,β-unsaturated/α-hetero) is 1. The number of benzene rings is 1. The number of nitrogens with zero attached hydrogens (tertiary/aromatic N) is 2. The maximum absolute atomic E-state index is 11.2. The molecule has 1 unspecified atom stereocenters. The number of anilines is 1. The third-order valence-electron chi connectivity index (χ3n) is 3.30. The number of para-hydroxylation sites is 1. The smallest absolute Gasteiger partial charge is 0.153 e. The summed E-state index contributed by atoms with van der Waals surface area (Å²) in [6.45, 7) is 10.8. The van der Waals surface area contributed by atoms with Gasteiger partial charge in [0.15, 0.2) is 5.78 Å². The van der Waals surface area contributed by atoms with E-state index in [4.69, 9.17) is 0 Å². The van der Waals surface area contributed by atoms with Crippen LogP contribution in [-0.2, 0) is 4.79 Å². The SMILES string of the molecule is C=C/C=C\C=C/C.CC(=O)C(C)N=C(C)c1ccccc1N(C)C. The minimum atomic E-state index is -0.273. The van der Waals surface area contributed by atoms with Crippen LogP contribution < -0.4 is 4.90 Å². The number of hydrogen-bond acceptors (Lipinski definition) is 3. The molecule has 0 amide bonds. The summed E-state index contributed by atoms with van der Waals surface area (Å²) < 4.78 is 0. The van der Waals surface area contributed by atoms with Gasteiger partial charge in [0, 0.05) is 31.1 Å². The first-order valence-electron chi connectivity index (χ1n) is 8.07. The largest absolute Gasteiger partial charge is 0.377 e. The molecule has 0 spiro atoms. The topological polar surface area (TPSA) is 32.7 Å². The molecule has 0 aliphatic rings. The van der Waals surface area contributed by atoms with E-state index in [1.165, 1.54) is 0 Å². The van der Waals surface area contributed by atoms with Crippen LogP contribution in [0.3, 0.4) is 0 Å². The molecule has 0 radical (unpaired) electrons. The molecule has 1 rings (SSSR count). The number of aliphatic imine (C=N–C) groups is 1. The summed E-state index contributed by atoms with van der Waals surface area (Å²) >= 11 is 0. The standard InChI is InChI=1S/C14H20N2O.C7H10/c1-10(12(3)17)15-11(2)13-8-6-7-9-14(13)16(4)5;1-3-5-7-6-4-2/h6-10H,1-5H3;3-7H,1H2,2H3/b;6-4-,7-5-. The highest BCUT2D eigenvalue weighted by atomic mass is 16.1. The van der Waals surface area contributed by atoms with Crippen molar-refractivity contribution in [3.05, 3.63) is 66.8 Å². The van der Waals surface area contributed by atoms with Crippen LogP contribution in [0.2, 0.25) is 0 Å². The summed E-state index contributed by atoms with van der Waals surface area (Å²) in [7, 11) is 4.00. The second-order valence-corrected chi connectivity index (χ2v) is 5.56. The summed E-state index contributed by atoms with van der Waals surface area (Å²) in [6, 6.07) is 7.79. The van der Waals surface area contributed by atoms with Gasteiger partial charge in [-0.2, -0.15) is 0 Å². The van der Waals surface area contributed by atoms with E-state index in [0.717, 1.165) is 17.0 Å². The summed E-state index contributed by atoms with van der Waals surface area (Å²) in [5.74, 6) is 0.0895. The highest BCUT2D eigenvalue weighted by molar-refractivity contribution is 6.04. The van der Waals surface area contributed by atoms with Crippen molar-refractivity contribution in [3.63, 3.8) is 0 Å². The predicted octanol–water partition coefficient (Wildman–Crippen LogP) is 4.84. The fourth-order valence-electron chi connectivity index (χ4n) is 1.87. The Morgan fingerprint density at radius 3 is 2.29 bits per heavy atom. The van der Waals surface area contributed by atoms with Gasteiger partial charge in [0.05, 0.1) is 0 Å². The highest BCUT2D eigenvalue weighted by Crippen LogP contribution is 2.19.